The lowest BCUT2D eigenvalue weighted by Crippen LogP contribution is -2.10. The molecule has 0 atom stereocenters. The molecule has 0 aliphatic heterocycles. The third kappa shape index (κ3) is 3.35. The fourth-order valence-corrected chi connectivity index (χ4v) is 4.07. The van der Waals surface area contributed by atoms with Gasteiger partial charge in [-0.25, -0.2) is 4.39 Å². The Kier molecular flexibility index (Phi) is 4.40. The summed E-state index contributed by atoms with van der Waals surface area (Å²) in [5.41, 5.74) is 1.92. The summed E-state index contributed by atoms with van der Waals surface area (Å²) in [7, 11) is 0. The van der Waals surface area contributed by atoms with Crippen molar-refractivity contribution in [3.8, 4) is 0 Å². The van der Waals surface area contributed by atoms with Crippen LogP contribution in [0.25, 0.3) is 0 Å². The zero-order valence-electron chi connectivity index (χ0n) is 11.4. The summed E-state index contributed by atoms with van der Waals surface area (Å²) in [6.07, 6.45) is 5.83. The molecule has 1 heterocycles. The van der Waals surface area contributed by atoms with E-state index in [1.165, 1.54) is 35.8 Å². The van der Waals surface area contributed by atoms with Gasteiger partial charge in [0.05, 0.1) is 9.35 Å². The van der Waals surface area contributed by atoms with Crippen molar-refractivity contribution in [2.45, 2.75) is 32.1 Å². The molecule has 0 fully saturated rings. The van der Waals surface area contributed by atoms with E-state index in [0.29, 0.717) is 10.2 Å². The summed E-state index contributed by atoms with van der Waals surface area (Å²) >= 11 is 4.71. The van der Waals surface area contributed by atoms with Crippen molar-refractivity contribution >= 4 is 38.9 Å². The van der Waals surface area contributed by atoms with Crippen LogP contribution in [0.3, 0.4) is 0 Å². The lowest BCUT2D eigenvalue weighted by atomic mass is 10.1. The molecule has 1 amide bonds. The van der Waals surface area contributed by atoms with Crippen LogP contribution in [0.1, 0.15) is 39.4 Å². The lowest BCUT2D eigenvalue weighted by Gasteiger charge is -2.04. The highest BCUT2D eigenvalue weighted by molar-refractivity contribution is 9.10. The zero-order valence-corrected chi connectivity index (χ0v) is 13.8. The molecule has 2 nitrogen and oxygen atoms in total. The Balaban J connectivity index is 1.77. The van der Waals surface area contributed by atoms with Crippen molar-refractivity contribution in [1.29, 1.82) is 0 Å². The van der Waals surface area contributed by atoms with Crippen LogP contribution in [0.15, 0.2) is 28.7 Å². The van der Waals surface area contributed by atoms with Crippen LogP contribution >= 0.6 is 27.3 Å². The van der Waals surface area contributed by atoms with Gasteiger partial charge in [-0.15, -0.1) is 11.3 Å². The Hall–Kier alpha value is -1.20. The van der Waals surface area contributed by atoms with E-state index in [1.807, 2.05) is 6.07 Å². The standard InChI is InChI=1S/C16H15BrFNOS/c17-12-9-11(6-7-13(12)18)19-16(20)15-8-10-4-2-1-3-5-14(10)21-15/h6-9H,1-5H2,(H,19,20). The van der Waals surface area contributed by atoms with Gasteiger partial charge in [0.2, 0.25) is 0 Å². The summed E-state index contributed by atoms with van der Waals surface area (Å²) in [6.45, 7) is 0. The Bertz CT molecular complexity index is 659. The summed E-state index contributed by atoms with van der Waals surface area (Å²) in [4.78, 5) is 14.4. The van der Waals surface area contributed by atoms with Gasteiger partial charge in [-0.1, -0.05) is 6.42 Å². The number of halogens is 2. The molecule has 0 spiro atoms. The van der Waals surface area contributed by atoms with Crippen LogP contribution in [-0.4, -0.2) is 5.91 Å². The quantitative estimate of drug-likeness (QED) is 0.728. The Morgan fingerprint density at radius 2 is 2.00 bits per heavy atom. The minimum atomic E-state index is -0.337. The summed E-state index contributed by atoms with van der Waals surface area (Å²) in [6, 6.07) is 6.49. The van der Waals surface area contributed by atoms with E-state index in [-0.39, 0.29) is 11.7 Å². The monoisotopic (exact) mass is 367 g/mol. The van der Waals surface area contributed by atoms with Gasteiger partial charge in [0, 0.05) is 10.6 Å². The van der Waals surface area contributed by atoms with Gasteiger partial charge in [-0.2, -0.15) is 0 Å². The predicted molar refractivity (Wildman–Crippen MR) is 87.6 cm³/mol. The minimum Gasteiger partial charge on any atom is -0.321 e. The molecule has 21 heavy (non-hydrogen) atoms. The fraction of sp³-hybridized carbons (Fsp3) is 0.312. The van der Waals surface area contributed by atoms with Crippen LogP contribution in [-0.2, 0) is 12.8 Å². The first kappa shape index (κ1) is 14.7. The van der Waals surface area contributed by atoms with Crippen molar-refractivity contribution in [3.05, 3.63) is 49.9 Å². The zero-order chi connectivity index (χ0) is 14.8. The highest BCUT2D eigenvalue weighted by atomic mass is 79.9. The second-order valence-corrected chi connectivity index (χ2v) is 7.19. The molecule has 1 aromatic heterocycles. The third-order valence-electron chi connectivity index (χ3n) is 3.65. The number of thiophene rings is 1. The molecular weight excluding hydrogens is 353 g/mol. The van der Waals surface area contributed by atoms with Crippen LogP contribution in [0.5, 0.6) is 0 Å². The topological polar surface area (TPSA) is 29.1 Å². The molecule has 0 unspecified atom stereocenters. The normalized spacial score (nSPS) is 14.4. The third-order valence-corrected chi connectivity index (χ3v) is 5.49. The van der Waals surface area contributed by atoms with Gasteiger partial charge in [0.25, 0.3) is 5.91 Å². The second-order valence-electron chi connectivity index (χ2n) is 5.20. The molecule has 1 N–H and O–H groups in total. The smallest absolute Gasteiger partial charge is 0.265 e. The summed E-state index contributed by atoms with van der Waals surface area (Å²) < 4.78 is 13.5. The summed E-state index contributed by atoms with van der Waals surface area (Å²) in [5.74, 6) is -0.456. The van der Waals surface area contributed by atoms with Crippen LogP contribution < -0.4 is 5.32 Å². The maximum atomic E-state index is 13.2. The van der Waals surface area contributed by atoms with Gasteiger partial charge in [0.15, 0.2) is 0 Å². The summed E-state index contributed by atoms with van der Waals surface area (Å²) in [5, 5.41) is 2.83. The van der Waals surface area contributed by atoms with E-state index in [4.69, 9.17) is 0 Å². The van der Waals surface area contributed by atoms with Crippen molar-refractivity contribution < 1.29 is 9.18 Å². The Morgan fingerprint density at radius 3 is 2.81 bits per heavy atom. The van der Waals surface area contributed by atoms with Crippen molar-refractivity contribution in [1.82, 2.24) is 0 Å². The van der Waals surface area contributed by atoms with Crippen molar-refractivity contribution in [3.63, 3.8) is 0 Å². The molecule has 2 aromatic rings. The van der Waals surface area contributed by atoms with Gasteiger partial charge in [-0.05, 0) is 71.4 Å². The number of fused-ring (bicyclic) bond motifs is 1. The first-order valence-corrected chi connectivity index (χ1v) is 8.62. The molecule has 0 radical (unpaired) electrons. The lowest BCUT2D eigenvalue weighted by molar-refractivity contribution is 0.103. The largest absolute Gasteiger partial charge is 0.321 e. The van der Waals surface area contributed by atoms with E-state index in [0.717, 1.165) is 17.7 Å². The SMILES string of the molecule is O=C(Nc1ccc(F)c(Br)c1)c1cc2c(s1)CCCCC2. The molecule has 0 bridgehead atoms. The Labute approximate surface area is 135 Å². The average Bonchev–Trinajstić information content (AvgIpc) is 2.74. The highest BCUT2D eigenvalue weighted by Crippen LogP contribution is 2.29. The van der Waals surface area contributed by atoms with Crippen LogP contribution in [0, 0.1) is 5.82 Å². The second kappa shape index (κ2) is 6.28. The van der Waals surface area contributed by atoms with Gasteiger partial charge >= 0.3 is 0 Å². The van der Waals surface area contributed by atoms with Crippen LogP contribution in [0.4, 0.5) is 10.1 Å². The first-order valence-electron chi connectivity index (χ1n) is 7.01. The molecule has 0 saturated carbocycles. The van der Waals surface area contributed by atoms with Gasteiger partial charge in [0.1, 0.15) is 5.82 Å². The molecule has 1 aromatic carbocycles. The maximum absolute atomic E-state index is 13.2. The number of amides is 1. The Morgan fingerprint density at radius 1 is 1.19 bits per heavy atom. The molecule has 110 valence electrons. The number of aryl methyl sites for hydroxylation is 2. The van der Waals surface area contributed by atoms with Gasteiger partial charge < -0.3 is 5.32 Å². The highest BCUT2D eigenvalue weighted by Gasteiger charge is 2.16. The number of hydrogen-bond donors (Lipinski definition) is 1. The molecular formula is C16H15BrFNOS. The number of carbonyl (C=O) groups excluding carboxylic acids is 1. The van der Waals surface area contributed by atoms with Crippen molar-refractivity contribution in [2.75, 3.05) is 5.32 Å². The number of carbonyl (C=O) groups is 1. The van der Waals surface area contributed by atoms with Crippen molar-refractivity contribution in [2.24, 2.45) is 0 Å². The number of anilines is 1. The molecule has 0 saturated heterocycles. The van der Waals surface area contributed by atoms with E-state index in [9.17, 15) is 9.18 Å². The molecule has 5 heteroatoms. The fourth-order valence-electron chi connectivity index (χ4n) is 2.55. The van der Waals surface area contributed by atoms with E-state index < -0.39 is 0 Å². The number of hydrogen-bond acceptors (Lipinski definition) is 2. The maximum Gasteiger partial charge on any atom is 0.265 e. The van der Waals surface area contributed by atoms with E-state index in [2.05, 4.69) is 21.2 Å². The minimum absolute atomic E-state index is 0.119. The number of rotatable bonds is 2. The first-order chi connectivity index (χ1) is 10.1. The molecule has 1 aliphatic rings. The molecule has 3 rings (SSSR count). The molecule has 1 aliphatic carbocycles. The van der Waals surface area contributed by atoms with Gasteiger partial charge in [-0.3, -0.25) is 4.79 Å². The van der Waals surface area contributed by atoms with E-state index in [1.54, 1.807) is 23.5 Å². The van der Waals surface area contributed by atoms with Crippen LogP contribution in [0.2, 0.25) is 0 Å². The number of nitrogens with one attached hydrogen (secondary N) is 1. The van der Waals surface area contributed by atoms with E-state index >= 15 is 0 Å². The number of benzene rings is 1. The predicted octanol–water partition coefficient (Wildman–Crippen LogP) is 5.17. The average molecular weight is 368 g/mol.